The zero-order chi connectivity index (χ0) is 25.0. The van der Waals surface area contributed by atoms with Gasteiger partial charge in [-0.2, -0.15) is 4.98 Å². The van der Waals surface area contributed by atoms with Gasteiger partial charge in [-0.3, -0.25) is 5.32 Å². The van der Waals surface area contributed by atoms with E-state index < -0.39 is 17.8 Å². The predicted octanol–water partition coefficient (Wildman–Crippen LogP) is 6.27. The molecule has 9 heteroatoms. The van der Waals surface area contributed by atoms with Crippen LogP contribution in [0.1, 0.15) is 43.6 Å². The summed E-state index contributed by atoms with van der Waals surface area (Å²) in [6.07, 6.45) is 2.47. The molecule has 1 unspecified atom stereocenters. The van der Waals surface area contributed by atoms with E-state index in [1.807, 2.05) is 48.7 Å². The van der Waals surface area contributed by atoms with Gasteiger partial charge in [-0.15, -0.1) is 0 Å². The molecule has 35 heavy (non-hydrogen) atoms. The van der Waals surface area contributed by atoms with Crippen molar-refractivity contribution < 1.29 is 19.0 Å². The van der Waals surface area contributed by atoms with E-state index in [-0.39, 0.29) is 0 Å². The molecule has 0 aliphatic heterocycles. The number of halogens is 1. The standard InChI is InChI=1S/C26H27ClN4O4/c1-26(2,3)35-25(32)31-21-12-11-19(24(30-21)33-4)22(34-15-16-7-9-17(27)10-8-16)20-14-29-23-18(20)6-5-13-28-23/h5-14,22H,15H2,1-4H3,(H,28,29)(H,30,31,32). The van der Waals surface area contributed by atoms with Crippen LogP contribution in [0.15, 0.2) is 60.9 Å². The number of amides is 1. The Labute approximate surface area is 208 Å². The van der Waals surface area contributed by atoms with Crippen molar-refractivity contribution in [2.45, 2.75) is 39.1 Å². The third-order valence-electron chi connectivity index (χ3n) is 5.09. The van der Waals surface area contributed by atoms with Gasteiger partial charge in [0, 0.05) is 33.9 Å². The number of hydrogen-bond donors (Lipinski definition) is 2. The van der Waals surface area contributed by atoms with E-state index in [0.717, 1.165) is 22.2 Å². The number of benzene rings is 1. The lowest BCUT2D eigenvalue weighted by Crippen LogP contribution is -2.27. The van der Waals surface area contributed by atoms with Gasteiger partial charge in [0.25, 0.3) is 0 Å². The molecule has 1 atom stereocenters. The van der Waals surface area contributed by atoms with E-state index in [1.54, 1.807) is 33.0 Å². The van der Waals surface area contributed by atoms with Gasteiger partial charge in [0.2, 0.25) is 5.88 Å². The van der Waals surface area contributed by atoms with Crippen molar-refractivity contribution in [3.05, 3.63) is 82.6 Å². The van der Waals surface area contributed by atoms with Gasteiger partial charge in [0.15, 0.2) is 0 Å². The number of anilines is 1. The van der Waals surface area contributed by atoms with Crippen molar-refractivity contribution in [1.82, 2.24) is 15.0 Å². The number of nitrogens with zero attached hydrogens (tertiary/aromatic N) is 2. The maximum Gasteiger partial charge on any atom is 0.413 e. The molecule has 0 aliphatic rings. The Bertz CT molecular complexity index is 1320. The van der Waals surface area contributed by atoms with Gasteiger partial charge < -0.3 is 19.2 Å². The molecule has 0 saturated carbocycles. The average molecular weight is 495 g/mol. The minimum absolute atomic E-state index is 0.303. The van der Waals surface area contributed by atoms with E-state index in [9.17, 15) is 4.79 Å². The number of ether oxygens (including phenoxy) is 3. The fourth-order valence-electron chi connectivity index (χ4n) is 3.59. The van der Waals surface area contributed by atoms with Crippen LogP contribution < -0.4 is 10.1 Å². The van der Waals surface area contributed by atoms with E-state index in [2.05, 4.69) is 20.3 Å². The highest BCUT2D eigenvalue weighted by molar-refractivity contribution is 6.30. The van der Waals surface area contributed by atoms with E-state index in [4.69, 9.17) is 25.8 Å². The van der Waals surface area contributed by atoms with Gasteiger partial charge in [0.1, 0.15) is 23.2 Å². The van der Waals surface area contributed by atoms with Crippen LogP contribution in [0.5, 0.6) is 5.88 Å². The monoisotopic (exact) mass is 494 g/mol. The first-order valence-corrected chi connectivity index (χ1v) is 11.4. The largest absolute Gasteiger partial charge is 0.481 e. The van der Waals surface area contributed by atoms with Crippen LogP contribution in [0.2, 0.25) is 5.02 Å². The summed E-state index contributed by atoms with van der Waals surface area (Å²) in [6.45, 7) is 5.71. The van der Waals surface area contributed by atoms with Crippen molar-refractivity contribution in [2.24, 2.45) is 0 Å². The van der Waals surface area contributed by atoms with Crippen molar-refractivity contribution >= 4 is 34.5 Å². The lowest BCUT2D eigenvalue weighted by atomic mass is 10.0. The Balaban J connectivity index is 1.68. The molecule has 0 aliphatic carbocycles. The SMILES string of the molecule is COc1nc(NC(=O)OC(C)(C)C)ccc1C(OCc1ccc(Cl)cc1)c1c[nH]c2ncccc12. The number of carbonyl (C=O) groups excluding carboxylic acids is 1. The summed E-state index contributed by atoms with van der Waals surface area (Å²) in [6, 6.07) is 14.8. The van der Waals surface area contributed by atoms with E-state index in [0.29, 0.717) is 28.9 Å². The number of H-pyrrole nitrogens is 1. The van der Waals surface area contributed by atoms with Gasteiger partial charge in [0.05, 0.1) is 13.7 Å². The number of hydrogen-bond acceptors (Lipinski definition) is 6. The Hall–Kier alpha value is -3.62. The fraction of sp³-hybridized carbons (Fsp3) is 0.269. The molecule has 0 radical (unpaired) electrons. The third-order valence-corrected chi connectivity index (χ3v) is 5.34. The third kappa shape index (κ3) is 6.09. The van der Waals surface area contributed by atoms with Gasteiger partial charge in [-0.1, -0.05) is 23.7 Å². The molecule has 0 bridgehead atoms. The molecule has 4 aromatic rings. The summed E-state index contributed by atoms with van der Waals surface area (Å²) in [5.74, 6) is 0.620. The molecule has 4 rings (SSSR count). The maximum atomic E-state index is 12.2. The number of carbonyl (C=O) groups is 1. The number of pyridine rings is 2. The number of rotatable bonds is 7. The summed E-state index contributed by atoms with van der Waals surface area (Å²) in [4.78, 5) is 24.3. The molecular weight excluding hydrogens is 468 g/mol. The molecule has 2 N–H and O–H groups in total. The first kappa shape index (κ1) is 24.5. The summed E-state index contributed by atoms with van der Waals surface area (Å²) >= 11 is 6.03. The van der Waals surface area contributed by atoms with Gasteiger partial charge in [-0.05, 0) is 62.7 Å². The van der Waals surface area contributed by atoms with E-state index >= 15 is 0 Å². The highest BCUT2D eigenvalue weighted by atomic mass is 35.5. The van der Waals surface area contributed by atoms with Crippen LogP contribution in [0.25, 0.3) is 11.0 Å². The predicted molar refractivity (Wildman–Crippen MR) is 135 cm³/mol. The molecule has 0 saturated heterocycles. The van der Waals surface area contributed by atoms with Gasteiger partial charge in [-0.25, -0.2) is 9.78 Å². The Kier molecular flexibility index (Phi) is 7.23. The Morgan fingerprint density at radius 1 is 1.11 bits per heavy atom. The summed E-state index contributed by atoms with van der Waals surface area (Å²) in [7, 11) is 1.52. The number of aromatic amines is 1. The quantitative estimate of drug-likeness (QED) is 0.314. The molecule has 8 nitrogen and oxygen atoms in total. The molecule has 3 aromatic heterocycles. The number of fused-ring (bicyclic) bond motifs is 1. The molecule has 1 aromatic carbocycles. The lowest BCUT2D eigenvalue weighted by molar-refractivity contribution is 0.0635. The summed E-state index contributed by atoms with van der Waals surface area (Å²) < 4.78 is 17.3. The van der Waals surface area contributed by atoms with Crippen LogP contribution in [-0.4, -0.2) is 33.8 Å². The fourth-order valence-corrected chi connectivity index (χ4v) is 3.72. The van der Waals surface area contributed by atoms with Crippen molar-refractivity contribution in [3.63, 3.8) is 0 Å². The normalized spacial score (nSPS) is 12.4. The first-order valence-electron chi connectivity index (χ1n) is 11.1. The van der Waals surface area contributed by atoms with E-state index in [1.165, 1.54) is 7.11 Å². The minimum Gasteiger partial charge on any atom is -0.481 e. The van der Waals surface area contributed by atoms with Crippen LogP contribution in [0.4, 0.5) is 10.6 Å². The van der Waals surface area contributed by atoms with Crippen molar-refractivity contribution in [1.29, 1.82) is 0 Å². The highest BCUT2D eigenvalue weighted by Crippen LogP contribution is 2.36. The number of aromatic nitrogens is 3. The molecule has 182 valence electrons. The smallest absolute Gasteiger partial charge is 0.413 e. The molecule has 3 heterocycles. The average Bonchev–Trinajstić information content (AvgIpc) is 3.24. The second-order valence-electron chi connectivity index (χ2n) is 8.88. The summed E-state index contributed by atoms with van der Waals surface area (Å²) in [5.41, 5.74) is 2.67. The zero-order valence-corrected chi connectivity index (χ0v) is 20.7. The lowest BCUT2D eigenvalue weighted by Gasteiger charge is -2.22. The van der Waals surface area contributed by atoms with Crippen LogP contribution in [0.3, 0.4) is 0 Å². The first-order chi connectivity index (χ1) is 16.7. The topological polar surface area (TPSA) is 98.4 Å². The number of methoxy groups -OCH3 is 1. The molecule has 0 fully saturated rings. The number of nitrogens with one attached hydrogen (secondary N) is 2. The maximum absolute atomic E-state index is 12.2. The van der Waals surface area contributed by atoms with Crippen molar-refractivity contribution in [2.75, 3.05) is 12.4 Å². The molecular formula is C26H27ClN4O4. The Morgan fingerprint density at radius 3 is 2.60 bits per heavy atom. The molecule has 1 amide bonds. The van der Waals surface area contributed by atoms with Crippen LogP contribution in [0, 0.1) is 0 Å². The second-order valence-corrected chi connectivity index (χ2v) is 9.32. The molecule has 0 spiro atoms. The zero-order valence-electron chi connectivity index (χ0n) is 20.0. The minimum atomic E-state index is -0.627. The second kappa shape index (κ2) is 10.3. The van der Waals surface area contributed by atoms with Crippen LogP contribution >= 0.6 is 11.6 Å². The van der Waals surface area contributed by atoms with Gasteiger partial charge >= 0.3 is 6.09 Å². The highest BCUT2D eigenvalue weighted by Gasteiger charge is 2.25. The van der Waals surface area contributed by atoms with Crippen molar-refractivity contribution in [3.8, 4) is 5.88 Å². The van der Waals surface area contributed by atoms with Crippen LogP contribution in [-0.2, 0) is 16.1 Å². The Morgan fingerprint density at radius 2 is 1.89 bits per heavy atom. The summed E-state index contributed by atoms with van der Waals surface area (Å²) in [5, 5.41) is 4.23.